The maximum atomic E-state index is 4.18. The van der Waals surface area contributed by atoms with Crippen LogP contribution >= 0.6 is 0 Å². The number of pyridine rings is 1. The van der Waals surface area contributed by atoms with Crippen molar-refractivity contribution in [3.8, 4) is 0 Å². The van der Waals surface area contributed by atoms with Gasteiger partial charge in [-0.1, -0.05) is 27.2 Å². The molecule has 0 aliphatic carbocycles. The molecule has 0 saturated carbocycles. The first-order valence-corrected chi connectivity index (χ1v) is 6.82. The number of hydrogen-bond donors (Lipinski definition) is 1. The largest absolute Gasteiger partial charge is 0.310 e. The summed E-state index contributed by atoms with van der Waals surface area (Å²) in [6.07, 6.45) is 7.50. The number of aryl methyl sites for hydroxylation is 1. The van der Waals surface area contributed by atoms with E-state index in [1.165, 1.54) is 30.4 Å². The molecule has 0 radical (unpaired) electrons. The maximum absolute atomic E-state index is 4.18. The highest BCUT2D eigenvalue weighted by Gasteiger charge is 2.15. The van der Waals surface area contributed by atoms with Crippen LogP contribution in [0.2, 0.25) is 0 Å². The van der Waals surface area contributed by atoms with Gasteiger partial charge >= 0.3 is 0 Å². The summed E-state index contributed by atoms with van der Waals surface area (Å²) >= 11 is 0. The summed E-state index contributed by atoms with van der Waals surface area (Å²) in [4.78, 5) is 4.18. The Hall–Kier alpha value is -0.890. The molecule has 0 aliphatic heterocycles. The molecule has 2 atom stereocenters. The van der Waals surface area contributed by atoms with Gasteiger partial charge in [0.15, 0.2) is 0 Å². The molecule has 0 spiro atoms. The maximum Gasteiger partial charge on any atom is 0.0326 e. The summed E-state index contributed by atoms with van der Waals surface area (Å²) in [6.45, 7) is 10.0. The van der Waals surface area contributed by atoms with E-state index in [9.17, 15) is 0 Å². The summed E-state index contributed by atoms with van der Waals surface area (Å²) in [5.41, 5.74) is 2.71. The van der Waals surface area contributed by atoms with Crippen LogP contribution in [-0.4, -0.2) is 11.5 Å². The van der Waals surface area contributed by atoms with Crippen molar-refractivity contribution >= 4 is 0 Å². The zero-order valence-corrected chi connectivity index (χ0v) is 11.7. The van der Waals surface area contributed by atoms with Crippen LogP contribution in [0.25, 0.3) is 0 Å². The van der Waals surface area contributed by atoms with Gasteiger partial charge in [-0.3, -0.25) is 4.98 Å². The first-order chi connectivity index (χ1) is 8.19. The Bertz CT molecular complexity index is 322. The molecule has 2 nitrogen and oxygen atoms in total. The van der Waals surface area contributed by atoms with E-state index in [0.29, 0.717) is 6.04 Å². The second-order valence-corrected chi connectivity index (χ2v) is 4.99. The van der Waals surface area contributed by atoms with Crippen LogP contribution in [-0.2, 0) is 0 Å². The van der Waals surface area contributed by atoms with Crippen LogP contribution in [0.3, 0.4) is 0 Å². The summed E-state index contributed by atoms with van der Waals surface area (Å²) < 4.78 is 0. The summed E-state index contributed by atoms with van der Waals surface area (Å²) in [7, 11) is 0. The van der Waals surface area contributed by atoms with Gasteiger partial charge in [0.1, 0.15) is 0 Å². The zero-order chi connectivity index (χ0) is 12.7. The van der Waals surface area contributed by atoms with Crippen LogP contribution in [0.5, 0.6) is 0 Å². The number of nitrogens with zero attached hydrogens (tertiary/aromatic N) is 1. The summed E-state index contributed by atoms with van der Waals surface area (Å²) in [5, 5.41) is 3.66. The summed E-state index contributed by atoms with van der Waals surface area (Å²) in [5.74, 6) is 0.761. The third-order valence-electron chi connectivity index (χ3n) is 3.41. The third kappa shape index (κ3) is 4.47. The van der Waals surface area contributed by atoms with E-state index in [4.69, 9.17) is 0 Å². The van der Waals surface area contributed by atoms with Gasteiger partial charge in [-0.05, 0) is 49.4 Å². The molecule has 1 rings (SSSR count). The Morgan fingerprint density at radius 1 is 1.35 bits per heavy atom. The molecule has 17 heavy (non-hydrogen) atoms. The number of nitrogens with one attached hydrogen (secondary N) is 1. The van der Waals surface area contributed by atoms with Crippen molar-refractivity contribution in [3.05, 3.63) is 29.6 Å². The Balaban J connectivity index is 2.78. The van der Waals surface area contributed by atoms with Gasteiger partial charge in [-0.15, -0.1) is 0 Å². The lowest BCUT2D eigenvalue weighted by molar-refractivity contribution is 0.401. The molecule has 1 heterocycles. The van der Waals surface area contributed by atoms with E-state index in [-0.39, 0.29) is 0 Å². The van der Waals surface area contributed by atoms with E-state index >= 15 is 0 Å². The lowest BCUT2D eigenvalue weighted by atomic mass is 9.92. The molecule has 1 N–H and O–H groups in total. The van der Waals surface area contributed by atoms with Crippen molar-refractivity contribution < 1.29 is 0 Å². The molecule has 0 amide bonds. The molecule has 0 bridgehead atoms. The van der Waals surface area contributed by atoms with Crippen LogP contribution < -0.4 is 5.32 Å². The average molecular weight is 234 g/mol. The van der Waals surface area contributed by atoms with E-state index in [1.807, 2.05) is 12.4 Å². The number of aromatic nitrogens is 1. The van der Waals surface area contributed by atoms with Crippen LogP contribution in [0.4, 0.5) is 0 Å². The fourth-order valence-electron chi connectivity index (χ4n) is 2.08. The lowest BCUT2D eigenvalue weighted by Gasteiger charge is -2.23. The highest BCUT2D eigenvalue weighted by atomic mass is 14.9. The van der Waals surface area contributed by atoms with Crippen molar-refractivity contribution in [2.75, 3.05) is 6.54 Å². The Morgan fingerprint density at radius 2 is 2.12 bits per heavy atom. The highest BCUT2D eigenvalue weighted by Crippen LogP contribution is 2.24. The summed E-state index contributed by atoms with van der Waals surface area (Å²) in [6, 6.07) is 2.64. The minimum absolute atomic E-state index is 0.480. The van der Waals surface area contributed by atoms with Crippen molar-refractivity contribution in [3.63, 3.8) is 0 Å². The second kappa shape index (κ2) is 7.44. The lowest BCUT2D eigenvalue weighted by Crippen LogP contribution is -2.24. The molecule has 1 aromatic heterocycles. The van der Waals surface area contributed by atoms with E-state index < -0.39 is 0 Å². The second-order valence-electron chi connectivity index (χ2n) is 4.99. The fraction of sp³-hybridized carbons (Fsp3) is 0.667. The van der Waals surface area contributed by atoms with Crippen molar-refractivity contribution in [2.45, 2.75) is 53.0 Å². The van der Waals surface area contributed by atoms with Gasteiger partial charge in [-0.25, -0.2) is 0 Å². The van der Waals surface area contributed by atoms with Gasteiger partial charge in [-0.2, -0.15) is 0 Å². The minimum atomic E-state index is 0.480. The van der Waals surface area contributed by atoms with Gasteiger partial charge < -0.3 is 5.32 Å². The Morgan fingerprint density at radius 3 is 2.71 bits per heavy atom. The number of hydrogen-bond acceptors (Lipinski definition) is 2. The molecule has 0 aliphatic rings. The smallest absolute Gasteiger partial charge is 0.0326 e. The minimum Gasteiger partial charge on any atom is -0.310 e. The SMILES string of the molecule is CCCNC(CC(C)CC)c1ccncc1C. The van der Waals surface area contributed by atoms with Gasteiger partial charge in [0, 0.05) is 18.4 Å². The highest BCUT2D eigenvalue weighted by molar-refractivity contribution is 5.25. The van der Waals surface area contributed by atoms with Crippen molar-refractivity contribution in [2.24, 2.45) is 5.92 Å². The first-order valence-electron chi connectivity index (χ1n) is 6.82. The molecule has 0 fully saturated rings. The van der Waals surface area contributed by atoms with Crippen LogP contribution in [0.15, 0.2) is 18.5 Å². The molecule has 0 aromatic carbocycles. The van der Waals surface area contributed by atoms with Gasteiger partial charge in [0.05, 0.1) is 0 Å². The Labute approximate surface area is 106 Å². The van der Waals surface area contributed by atoms with Crippen molar-refractivity contribution in [1.29, 1.82) is 0 Å². The quantitative estimate of drug-likeness (QED) is 0.774. The topological polar surface area (TPSA) is 24.9 Å². The normalized spacial score (nSPS) is 14.6. The predicted molar refractivity (Wildman–Crippen MR) is 74.1 cm³/mol. The van der Waals surface area contributed by atoms with E-state index in [1.54, 1.807) is 0 Å². The van der Waals surface area contributed by atoms with Crippen LogP contribution in [0, 0.1) is 12.8 Å². The van der Waals surface area contributed by atoms with Gasteiger partial charge in [0.25, 0.3) is 0 Å². The molecule has 1 aromatic rings. The molecule has 96 valence electrons. The van der Waals surface area contributed by atoms with Crippen molar-refractivity contribution in [1.82, 2.24) is 10.3 Å². The van der Waals surface area contributed by atoms with Gasteiger partial charge in [0.2, 0.25) is 0 Å². The third-order valence-corrected chi connectivity index (χ3v) is 3.41. The fourth-order valence-corrected chi connectivity index (χ4v) is 2.08. The number of rotatable bonds is 7. The van der Waals surface area contributed by atoms with Crippen LogP contribution in [0.1, 0.15) is 57.2 Å². The molecule has 2 heteroatoms. The monoisotopic (exact) mass is 234 g/mol. The predicted octanol–water partition coefficient (Wildman–Crippen LogP) is 3.87. The molecular weight excluding hydrogens is 208 g/mol. The average Bonchev–Trinajstić information content (AvgIpc) is 2.35. The standard InChI is InChI=1S/C15H26N2/c1-5-8-17-15(10-12(3)6-2)14-7-9-16-11-13(14)4/h7,9,11-12,15,17H,5-6,8,10H2,1-4H3. The molecule has 2 unspecified atom stereocenters. The Kier molecular flexibility index (Phi) is 6.20. The first kappa shape index (κ1) is 14.2. The molecule has 0 saturated heterocycles. The van der Waals surface area contributed by atoms with E-state index in [2.05, 4.69) is 44.1 Å². The van der Waals surface area contributed by atoms with E-state index in [0.717, 1.165) is 12.5 Å². The molecular formula is C15H26N2. The zero-order valence-electron chi connectivity index (χ0n) is 11.7.